The first kappa shape index (κ1) is 13.9. The molecule has 1 atom stereocenters. The van der Waals surface area contributed by atoms with Crippen molar-refractivity contribution >= 4 is 0 Å². The fourth-order valence-electron chi connectivity index (χ4n) is 1.92. The maximum Gasteiger partial charge on any atom is 0.0697 e. The van der Waals surface area contributed by atoms with Gasteiger partial charge >= 0.3 is 0 Å². The number of aliphatic hydroxyl groups is 1. The molecule has 1 aliphatic rings. The Morgan fingerprint density at radius 2 is 2.12 bits per heavy atom. The fraction of sp³-hybridized carbons (Fsp3) is 1.00. The van der Waals surface area contributed by atoms with E-state index in [1.54, 1.807) is 0 Å². The van der Waals surface area contributed by atoms with Crippen LogP contribution < -0.4 is 5.32 Å². The van der Waals surface area contributed by atoms with E-state index < -0.39 is 0 Å². The lowest BCUT2D eigenvalue weighted by molar-refractivity contribution is 0.0904. The summed E-state index contributed by atoms with van der Waals surface area (Å²) in [5, 5.41) is 11.9. The average Bonchev–Trinajstić information content (AvgIpc) is 2.80. The van der Waals surface area contributed by atoms with Crippen LogP contribution in [0.2, 0.25) is 0 Å². The molecule has 0 amide bonds. The summed E-state index contributed by atoms with van der Waals surface area (Å²) < 4.78 is 10.7. The van der Waals surface area contributed by atoms with Crippen molar-refractivity contribution in [3.05, 3.63) is 0 Å². The zero-order chi connectivity index (χ0) is 11.5. The third-order valence-corrected chi connectivity index (χ3v) is 2.78. The molecular formula is C12H25NO3. The van der Waals surface area contributed by atoms with Gasteiger partial charge in [-0.2, -0.15) is 0 Å². The largest absolute Gasteiger partial charge is 0.394 e. The lowest BCUT2D eigenvalue weighted by atomic mass is 10.1. The second-order valence-electron chi connectivity index (χ2n) is 4.22. The lowest BCUT2D eigenvalue weighted by Gasteiger charge is -2.09. The zero-order valence-corrected chi connectivity index (χ0v) is 10.1. The summed E-state index contributed by atoms with van der Waals surface area (Å²) in [4.78, 5) is 0. The first-order chi connectivity index (χ1) is 7.93. The molecule has 1 fully saturated rings. The van der Waals surface area contributed by atoms with Gasteiger partial charge in [0, 0.05) is 13.2 Å². The molecule has 0 bridgehead atoms. The van der Waals surface area contributed by atoms with E-state index in [0.29, 0.717) is 12.7 Å². The van der Waals surface area contributed by atoms with E-state index in [1.807, 2.05) is 0 Å². The molecule has 1 heterocycles. The van der Waals surface area contributed by atoms with Crippen LogP contribution in [-0.2, 0) is 9.47 Å². The predicted octanol–water partition coefficient (Wildman–Crippen LogP) is 0.934. The number of rotatable bonds is 10. The van der Waals surface area contributed by atoms with E-state index in [9.17, 15) is 0 Å². The molecular weight excluding hydrogens is 206 g/mol. The molecule has 16 heavy (non-hydrogen) atoms. The molecule has 0 radical (unpaired) electrons. The Hall–Kier alpha value is -0.160. The van der Waals surface area contributed by atoms with E-state index in [0.717, 1.165) is 32.7 Å². The number of hydrogen-bond acceptors (Lipinski definition) is 4. The van der Waals surface area contributed by atoms with Crippen LogP contribution in [0.3, 0.4) is 0 Å². The van der Waals surface area contributed by atoms with Crippen LogP contribution in [0.1, 0.15) is 32.1 Å². The molecule has 0 aromatic heterocycles. The monoisotopic (exact) mass is 231 g/mol. The van der Waals surface area contributed by atoms with E-state index in [4.69, 9.17) is 14.6 Å². The molecule has 1 saturated heterocycles. The van der Waals surface area contributed by atoms with Crippen LogP contribution in [0.15, 0.2) is 0 Å². The van der Waals surface area contributed by atoms with Gasteiger partial charge in [-0.3, -0.25) is 0 Å². The number of hydrogen-bond donors (Lipinski definition) is 2. The normalized spacial score (nSPS) is 20.4. The maximum absolute atomic E-state index is 8.49. The summed E-state index contributed by atoms with van der Waals surface area (Å²) in [5.41, 5.74) is 0. The molecule has 0 aromatic carbocycles. The van der Waals surface area contributed by atoms with Crippen molar-refractivity contribution in [2.24, 2.45) is 0 Å². The third kappa shape index (κ3) is 7.17. The molecule has 4 heteroatoms. The topological polar surface area (TPSA) is 50.7 Å². The number of aliphatic hydroxyl groups excluding tert-OH is 1. The molecule has 0 saturated carbocycles. The third-order valence-electron chi connectivity index (χ3n) is 2.78. The summed E-state index contributed by atoms with van der Waals surface area (Å²) >= 11 is 0. The highest BCUT2D eigenvalue weighted by Gasteiger charge is 2.13. The van der Waals surface area contributed by atoms with Crippen LogP contribution in [0.4, 0.5) is 0 Å². The van der Waals surface area contributed by atoms with E-state index >= 15 is 0 Å². The van der Waals surface area contributed by atoms with E-state index in [-0.39, 0.29) is 6.61 Å². The van der Waals surface area contributed by atoms with Gasteiger partial charge in [0.1, 0.15) is 0 Å². The van der Waals surface area contributed by atoms with Crippen LogP contribution in [0.5, 0.6) is 0 Å². The average molecular weight is 231 g/mol. The van der Waals surface area contributed by atoms with Crippen molar-refractivity contribution in [1.29, 1.82) is 0 Å². The van der Waals surface area contributed by atoms with Gasteiger partial charge in [0.2, 0.25) is 0 Å². The summed E-state index contributed by atoms with van der Waals surface area (Å²) in [5.74, 6) is 0. The van der Waals surface area contributed by atoms with Crippen molar-refractivity contribution in [2.75, 3.05) is 39.5 Å². The van der Waals surface area contributed by atoms with Crippen LogP contribution in [-0.4, -0.2) is 50.7 Å². The molecule has 96 valence electrons. The van der Waals surface area contributed by atoms with Gasteiger partial charge in [0.25, 0.3) is 0 Å². The molecule has 1 unspecified atom stereocenters. The zero-order valence-electron chi connectivity index (χ0n) is 10.1. The van der Waals surface area contributed by atoms with Crippen molar-refractivity contribution in [1.82, 2.24) is 5.32 Å². The Morgan fingerprint density at radius 1 is 1.25 bits per heavy atom. The Kier molecular flexibility index (Phi) is 8.71. The predicted molar refractivity (Wildman–Crippen MR) is 63.6 cm³/mol. The fourth-order valence-corrected chi connectivity index (χ4v) is 1.92. The molecule has 1 aliphatic heterocycles. The minimum Gasteiger partial charge on any atom is -0.394 e. The van der Waals surface area contributed by atoms with Gasteiger partial charge in [-0.1, -0.05) is 0 Å². The minimum atomic E-state index is 0.120. The minimum absolute atomic E-state index is 0.120. The Morgan fingerprint density at radius 3 is 2.88 bits per heavy atom. The second-order valence-corrected chi connectivity index (χ2v) is 4.22. The van der Waals surface area contributed by atoms with Crippen molar-refractivity contribution in [2.45, 2.75) is 38.2 Å². The van der Waals surface area contributed by atoms with E-state index in [2.05, 4.69) is 5.32 Å². The standard InChI is InChI=1S/C12H25NO3/c14-8-11-15-9-3-7-13-6-1-4-12-5-2-10-16-12/h12-14H,1-11H2. The highest BCUT2D eigenvalue weighted by Crippen LogP contribution is 2.16. The molecule has 1 rings (SSSR count). The Bertz CT molecular complexity index is 149. The highest BCUT2D eigenvalue weighted by atomic mass is 16.5. The van der Waals surface area contributed by atoms with Gasteiger partial charge in [0.05, 0.1) is 19.3 Å². The second kappa shape index (κ2) is 10.0. The van der Waals surface area contributed by atoms with Crippen molar-refractivity contribution < 1.29 is 14.6 Å². The van der Waals surface area contributed by atoms with Gasteiger partial charge in [-0.05, 0) is 45.2 Å². The van der Waals surface area contributed by atoms with Crippen LogP contribution >= 0.6 is 0 Å². The summed E-state index contributed by atoms with van der Waals surface area (Å²) in [6.07, 6.45) is 6.40. The molecule has 4 nitrogen and oxygen atoms in total. The van der Waals surface area contributed by atoms with E-state index in [1.165, 1.54) is 25.7 Å². The SMILES string of the molecule is OCCOCCCNCCCC1CCCO1. The highest BCUT2D eigenvalue weighted by molar-refractivity contribution is 4.65. The van der Waals surface area contributed by atoms with Gasteiger partial charge < -0.3 is 19.9 Å². The van der Waals surface area contributed by atoms with Gasteiger partial charge in [0.15, 0.2) is 0 Å². The summed E-state index contributed by atoms with van der Waals surface area (Å²) in [6.45, 7) is 4.34. The quantitative estimate of drug-likeness (QED) is 0.549. The molecule has 0 spiro atoms. The van der Waals surface area contributed by atoms with Crippen molar-refractivity contribution in [3.8, 4) is 0 Å². The molecule has 0 aliphatic carbocycles. The smallest absolute Gasteiger partial charge is 0.0697 e. The van der Waals surface area contributed by atoms with Gasteiger partial charge in [-0.25, -0.2) is 0 Å². The maximum atomic E-state index is 8.49. The number of ether oxygens (including phenoxy) is 2. The molecule has 0 aromatic rings. The first-order valence-corrected chi connectivity index (χ1v) is 6.44. The first-order valence-electron chi connectivity index (χ1n) is 6.44. The van der Waals surface area contributed by atoms with Crippen LogP contribution in [0, 0.1) is 0 Å². The lowest BCUT2D eigenvalue weighted by Crippen LogP contribution is -2.19. The Labute approximate surface area is 98.3 Å². The van der Waals surface area contributed by atoms with Crippen molar-refractivity contribution in [3.63, 3.8) is 0 Å². The Balaban J connectivity index is 1.71. The van der Waals surface area contributed by atoms with Crippen LogP contribution in [0.25, 0.3) is 0 Å². The molecule has 2 N–H and O–H groups in total. The van der Waals surface area contributed by atoms with Gasteiger partial charge in [-0.15, -0.1) is 0 Å². The summed E-state index contributed by atoms with van der Waals surface area (Å²) in [7, 11) is 0. The number of nitrogens with one attached hydrogen (secondary N) is 1. The summed E-state index contributed by atoms with van der Waals surface area (Å²) in [6, 6.07) is 0.